The summed E-state index contributed by atoms with van der Waals surface area (Å²) in [5, 5.41) is 11.9. The molecule has 1 aromatic rings. The summed E-state index contributed by atoms with van der Waals surface area (Å²) < 4.78 is 5.36. The molecule has 1 aromatic heterocycles. The molecule has 0 saturated carbocycles. The predicted molar refractivity (Wildman–Crippen MR) is 67.7 cm³/mol. The number of carboxylic acid groups (broad SMARTS) is 1. The minimum atomic E-state index is -0.923. The number of hydrogen-bond donors (Lipinski definition) is 2. The smallest absolute Gasteiger partial charge is 0.326 e. The van der Waals surface area contributed by atoms with Crippen molar-refractivity contribution < 1.29 is 14.6 Å². The fourth-order valence-electron chi connectivity index (χ4n) is 1.35. The number of nitrogens with one attached hydrogen (secondary N) is 1. The second-order valence-corrected chi connectivity index (χ2v) is 4.27. The van der Waals surface area contributed by atoms with E-state index in [0.29, 0.717) is 12.5 Å². The molecule has 100 valence electrons. The maximum Gasteiger partial charge on any atom is 0.326 e. The van der Waals surface area contributed by atoms with Gasteiger partial charge in [0.1, 0.15) is 6.04 Å². The zero-order valence-electron chi connectivity index (χ0n) is 10.9. The third-order valence-electron chi connectivity index (χ3n) is 2.30. The summed E-state index contributed by atoms with van der Waals surface area (Å²) in [6, 6.07) is 0.929. The topological polar surface area (TPSA) is 84.3 Å². The summed E-state index contributed by atoms with van der Waals surface area (Å²) in [6.07, 6.45) is 2.43. The molecule has 1 heterocycles. The lowest BCUT2D eigenvalue weighted by molar-refractivity contribution is -0.138. The maximum absolute atomic E-state index is 11.1. The Bertz CT molecular complexity index is 396. The van der Waals surface area contributed by atoms with Gasteiger partial charge in [-0.25, -0.2) is 9.78 Å². The van der Waals surface area contributed by atoms with E-state index in [0.717, 1.165) is 6.42 Å². The van der Waals surface area contributed by atoms with Gasteiger partial charge in [0.15, 0.2) is 0 Å². The summed E-state index contributed by atoms with van der Waals surface area (Å²) in [6.45, 7) is 6.22. The highest BCUT2D eigenvalue weighted by Gasteiger charge is 2.22. The van der Waals surface area contributed by atoms with Crippen molar-refractivity contribution in [2.24, 2.45) is 5.92 Å². The Hall–Kier alpha value is -1.85. The minimum Gasteiger partial charge on any atom is -0.480 e. The molecule has 1 atom stereocenters. The van der Waals surface area contributed by atoms with Gasteiger partial charge in [0.2, 0.25) is 11.8 Å². The van der Waals surface area contributed by atoms with Crippen molar-refractivity contribution in [1.29, 1.82) is 0 Å². The molecule has 0 aromatic carbocycles. The number of aromatic nitrogens is 2. The second-order valence-electron chi connectivity index (χ2n) is 4.27. The lowest BCUT2D eigenvalue weighted by atomic mass is 10.1. The number of rotatable bonds is 7. The lowest BCUT2D eigenvalue weighted by Gasteiger charge is -2.17. The Morgan fingerprint density at radius 1 is 1.56 bits per heavy atom. The fraction of sp³-hybridized carbons (Fsp3) is 0.583. The van der Waals surface area contributed by atoms with Crippen LogP contribution in [0.5, 0.6) is 5.88 Å². The molecular formula is C12H19N3O3. The van der Waals surface area contributed by atoms with Crippen molar-refractivity contribution in [3.8, 4) is 5.88 Å². The summed E-state index contributed by atoms with van der Waals surface area (Å²) >= 11 is 0. The average Bonchev–Trinajstić information content (AvgIpc) is 2.33. The number of ether oxygens (including phenoxy) is 1. The molecule has 0 fully saturated rings. The predicted octanol–water partition coefficient (Wildman–Crippen LogP) is 1.79. The lowest BCUT2D eigenvalue weighted by Crippen LogP contribution is -2.34. The summed E-state index contributed by atoms with van der Waals surface area (Å²) in [4.78, 5) is 19.1. The molecule has 0 aliphatic carbocycles. The summed E-state index contributed by atoms with van der Waals surface area (Å²) in [5.74, 6) is -0.272. The Labute approximate surface area is 106 Å². The van der Waals surface area contributed by atoms with Crippen molar-refractivity contribution in [2.45, 2.75) is 33.2 Å². The SMILES string of the molecule is CCCOc1ccnc(NC(C(=O)O)C(C)C)n1. The second kappa shape index (κ2) is 6.78. The first kappa shape index (κ1) is 14.2. The number of carboxylic acids is 1. The molecule has 0 saturated heterocycles. The van der Waals surface area contributed by atoms with Gasteiger partial charge < -0.3 is 15.2 Å². The van der Waals surface area contributed by atoms with Crippen molar-refractivity contribution in [3.05, 3.63) is 12.3 Å². The molecule has 0 aliphatic heterocycles. The van der Waals surface area contributed by atoms with E-state index in [1.807, 2.05) is 20.8 Å². The highest BCUT2D eigenvalue weighted by Crippen LogP contribution is 2.12. The van der Waals surface area contributed by atoms with Gasteiger partial charge in [-0.15, -0.1) is 0 Å². The van der Waals surface area contributed by atoms with Gasteiger partial charge in [-0.1, -0.05) is 20.8 Å². The maximum atomic E-state index is 11.1. The molecule has 2 N–H and O–H groups in total. The normalized spacial score (nSPS) is 12.2. The van der Waals surface area contributed by atoms with Gasteiger partial charge in [0, 0.05) is 12.3 Å². The molecule has 0 aliphatic rings. The third kappa shape index (κ3) is 4.20. The van der Waals surface area contributed by atoms with Crippen LogP contribution in [0.2, 0.25) is 0 Å². The molecule has 0 amide bonds. The quantitative estimate of drug-likeness (QED) is 0.770. The van der Waals surface area contributed by atoms with E-state index in [4.69, 9.17) is 9.84 Å². The van der Waals surface area contributed by atoms with Gasteiger partial charge in [-0.05, 0) is 12.3 Å². The standard InChI is InChI=1S/C12H19N3O3/c1-4-7-18-9-5-6-13-12(14-9)15-10(8(2)3)11(16)17/h5-6,8,10H,4,7H2,1-3H3,(H,16,17)(H,13,14,15). The van der Waals surface area contributed by atoms with Gasteiger partial charge >= 0.3 is 5.97 Å². The number of nitrogens with zero attached hydrogens (tertiary/aromatic N) is 2. The van der Waals surface area contributed by atoms with E-state index in [9.17, 15) is 4.79 Å². The molecular weight excluding hydrogens is 234 g/mol. The molecule has 6 heteroatoms. The van der Waals surface area contributed by atoms with Crippen LogP contribution in [0.1, 0.15) is 27.2 Å². The monoisotopic (exact) mass is 253 g/mol. The average molecular weight is 253 g/mol. The highest BCUT2D eigenvalue weighted by molar-refractivity contribution is 5.76. The highest BCUT2D eigenvalue weighted by atomic mass is 16.5. The van der Waals surface area contributed by atoms with Crippen LogP contribution in [0.4, 0.5) is 5.95 Å². The molecule has 18 heavy (non-hydrogen) atoms. The van der Waals surface area contributed by atoms with Crippen LogP contribution in [-0.4, -0.2) is 33.7 Å². The zero-order chi connectivity index (χ0) is 13.5. The van der Waals surface area contributed by atoms with E-state index in [1.54, 1.807) is 12.3 Å². The third-order valence-corrected chi connectivity index (χ3v) is 2.30. The van der Waals surface area contributed by atoms with Crippen LogP contribution in [0.15, 0.2) is 12.3 Å². The largest absolute Gasteiger partial charge is 0.480 e. The van der Waals surface area contributed by atoms with Crippen LogP contribution >= 0.6 is 0 Å². The molecule has 1 unspecified atom stereocenters. The van der Waals surface area contributed by atoms with Crippen LogP contribution in [0.3, 0.4) is 0 Å². The molecule has 6 nitrogen and oxygen atoms in total. The van der Waals surface area contributed by atoms with Crippen LogP contribution in [-0.2, 0) is 4.79 Å². The number of hydrogen-bond acceptors (Lipinski definition) is 5. The van der Waals surface area contributed by atoms with E-state index < -0.39 is 12.0 Å². The van der Waals surface area contributed by atoms with Crippen molar-refractivity contribution in [1.82, 2.24) is 9.97 Å². The Morgan fingerprint density at radius 2 is 2.28 bits per heavy atom. The first-order valence-corrected chi connectivity index (χ1v) is 5.99. The minimum absolute atomic E-state index is 0.0636. The summed E-state index contributed by atoms with van der Waals surface area (Å²) in [7, 11) is 0. The number of anilines is 1. The Balaban J connectivity index is 2.74. The van der Waals surface area contributed by atoms with E-state index in [-0.39, 0.29) is 11.9 Å². The molecule has 0 spiro atoms. The Morgan fingerprint density at radius 3 is 2.83 bits per heavy atom. The van der Waals surface area contributed by atoms with Gasteiger partial charge in [0.25, 0.3) is 0 Å². The van der Waals surface area contributed by atoms with Gasteiger partial charge in [-0.3, -0.25) is 0 Å². The van der Waals surface area contributed by atoms with E-state index >= 15 is 0 Å². The van der Waals surface area contributed by atoms with Crippen LogP contribution in [0, 0.1) is 5.92 Å². The van der Waals surface area contributed by atoms with Crippen LogP contribution < -0.4 is 10.1 Å². The van der Waals surface area contributed by atoms with Gasteiger partial charge in [0.05, 0.1) is 6.61 Å². The molecule has 0 radical (unpaired) electrons. The summed E-state index contributed by atoms with van der Waals surface area (Å²) in [5.41, 5.74) is 0. The van der Waals surface area contributed by atoms with E-state index in [1.165, 1.54) is 0 Å². The van der Waals surface area contributed by atoms with Crippen LogP contribution in [0.25, 0.3) is 0 Å². The zero-order valence-corrected chi connectivity index (χ0v) is 10.9. The number of carbonyl (C=O) groups is 1. The first-order chi connectivity index (χ1) is 8.54. The number of aliphatic carboxylic acids is 1. The first-order valence-electron chi connectivity index (χ1n) is 5.99. The van der Waals surface area contributed by atoms with E-state index in [2.05, 4.69) is 15.3 Å². The van der Waals surface area contributed by atoms with Crippen molar-refractivity contribution in [3.63, 3.8) is 0 Å². The molecule has 1 rings (SSSR count). The van der Waals surface area contributed by atoms with Gasteiger partial charge in [-0.2, -0.15) is 4.98 Å². The fourth-order valence-corrected chi connectivity index (χ4v) is 1.35. The van der Waals surface area contributed by atoms with Crippen molar-refractivity contribution in [2.75, 3.05) is 11.9 Å². The Kier molecular flexibility index (Phi) is 5.35. The van der Waals surface area contributed by atoms with Crippen molar-refractivity contribution >= 4 is 11.9 Å². The molecule has 0 bridgehead atoms.